The van der Waals surface area contributed by atoms with E-state index in [1.807, 2.05) is 13.0 Å². The van der Waals surface area contributed by atoms with Gasteiger partial charge < -0.3 is 18.9 Å². The zero-order valence-corrected chi connectivity index (χ0v) is 14.5. The molecule has 6 heteroatoms. The Bertz CT molecular complexity index is 903. The Morgan fingerprint density at radius 1 is 1.12 bits per heavy atom. The van der Waals surface area contributed by atoms with Crippen molar-refractivity contribution in [2.24, 2.45) is 0 Å². The van der Waals surface area contributed by atoms with Crippen LogP contribution in [0.2, 0.25) is 0 Å². The molecule has 0 N–H and O–H groups in total. The molecule has 6 nitrogen and oxygen atoms in total. The lowest BCUT2D eigenvalue weighted by molar-refractivity contribution is -0.156. The summed E-state index contributed by atoms with van der Waals surface area (Å²) in [5, 5.41) is 0. The summed E-state index contributed by atoms with van der Waals surface area (Å²) in [7, 11) is 0. The smallest absolute Gasteiger partial charge is 0.359 e. The van der Waals surface area contributed by atoms with E-state index in [9.17, 15) is 9.59 Å². The second kappa shape index (κ2) is 6.05. The number of rotatable bonds is 4. The van der Waals surface area contributed by atoms with Gasteiger partial charge in [-0.05, 0) is 43.7 Å². The van der Waals surface area contributed by atoms with Gasteiger partial charge in [-0.15, -0.1) is 0 Å². The number of ketones is 1. The predicted octanol–water partition coefficient (Wildman–Crippen LogP) is 2.84. The molecule has 0 radical (unpaired) electrons. The minimum absolute atomic E-state index is 0.0506. The predicted molar refractivity (Wildman–Crippen MR) is 91.8 cm³/mol. The first-order valence-electron chi connectivity index (χ1n) is 8.44. The summed E-state index contributed by atoms with van der Waals surface area (Å²) < 4.78 is 21.8. The number of hydrogen-bond acceptors (Lipinski definition) is 6. The molecular weight excluding hydrogens is 336 g/mol. The molecule has 2 heterocycles. The van der Waals surface area contributed by atoms with Crippen LogP contribution >= 0.6 is 0 Å². The van der Waals surface area contributed by atoms with Gasteiger partial charge in [-0.2, -0.15) is 0 Å². The molecule has 0 amide bonds. The van der Waals surface area contributed by atoms with Gasteiger partial charge >= 0.3 is 5.97 Å². The molecule has 0 fully saturated rings. The van der Waals surface area contributed by atoms with E-state index in [1.165, 1.54) is 0 Å². The first-order valence-corrected chi connectivity index (χ1v) is 8.44. The summed E-state index contributed by atoms with van der Waals surface area (Å²) in [5.74, 6) is 0.551. The van der Waals surface area contributed by atoms with Crippen molar-refractivity contribution >= 4 is 11.8 Å². The fourth-order valence-corrected chi connectivity index (χ4v) is 3.27. The summed E-state index contributed by atoms with van der Waals surface area (Å²) in [5.41, 5.74) is 0.322. The highest BCUT2D eigenvalue weighted by Gasteiger charge is 2.55. The van der Waals surface area contributed by atoms with Crippen molar-refractivity contribution in [3.8, 4) is 17.2 Å². The van der Waals surface area contributed by atoms with Gasteiger partial charge in [0.05, 0.1) is 12.2 Å². The monoisotopic (exact) mass is 354 g/mol. The van der Waals surface area contributed by atoms with Crippen LogP contribution in [0.1, 0.15) is 28.4 Å². The van der Waals surface area contributed by atoms with Crippen LogP contribution in [0.15, 0.2) is 36.4 Å². The van der Waals surface area contributed by atoms with Crippen LogP contribution in [0.4, 0.5) is 0 Å². The number of aryl methyl sites for hydroxylation is 1. The van der Waals surface area contributed by atoms with Gasteiger partial charge in [-0.25, -0.2) is 4.79 Å². The maximum atomic E-state index is 13.1. The van der Waals surface area contributed by atoms with E-state index in [1.54, 1.807) is 37.3 Å². The quantitative estimate of drug-likeness (QED) is 0.621. The minimum Gasteiger partial charge on any atom is -0.466 e. The van der Waals surface area contributed by atoms with Crippen molar-refractivity contribution in [1.82, 2.24) is 0 Å². The van der Waals surface area contributed by atoms with E-state index in [0.717, 1.165) is 11.1 Å². The fourth-order valence-electron chi connectivity index (χ4n) is 3.27. The summed E-state index contributed by atoms with van der Waals surface area (Å²) in [4.78, 5) is 25.9. The Kier molecular flexibility index (Phi) is 3.83. The molecule has 0 aromatic heterocycles. The van der Waals surface area contributed by atoms with Crippen LogP contribution in [0.5, 0.6) is 17.2 Å². The standard InChI is InChI=1S/C20H18O6/c1-3-23-19(22)20(10-13-5-7-16-17(9-13)25-11-24-16)18(21)14-8-12(2)4-6-15(14)26-20/h4-9H,3,10-11H2,1-2H3. The summed E-state index contributed by atoms with van der Waals surface area (Å²) >= 11 is 0. The number of esters is 1. The van der Waals surface area contributed by atoms with Crippen molar-refractivity contribution in [3.05, 3.63) is 53.1 Å². The van der Waals surface area contributed by atoms with E-state index >= 15 is 0 Å². The first-order chi connectivity index (χ1) is 12.5. The maximum absolute atomic E-state index is 13.1. The van der Waals surface area contributed by atoms with Crippen molar-refractivity contribution < 1.29 is 28.5 Å². The molecular formula is C20H18O6. The van der Waals surface area contributed by atoms with E-state index in [-0.39, 0.29) is 25.6 Å². The molecule has 0 saturated carbocycles. The second-order valence-corrected chi connectivity index (χ2v) is 6.34. The largest absolute Gasteiger partial charge is 0.466 e. The highest BCUT2D eigenvalue weighted by molar-refractivity contribution is 6.19. The maximum Gasteiger partial charge on any atom is 0.359 e. The minimum atomic E-state index is -1.72. The molecule has 2 aromatic carbocycles. The van der Waals surface area contributed by atoms with E-state index in [0.29, 0.717) is 22.8 Å². The van der Waals surface area contributed by atoms with Crippen molar-refractivity contribution in [2.45, 2.75) is 25.9 Å². The summed E-state index contributed by atoms with van der Waals surface area (Å²) in [6.07, 6.45) is 0.0506. The van der Waals surface area contributed by atoms with E-state index in [4.69, 9.17) is 18.9 Å². The average Bonchev–Trinajstić information content (AvgIpc) is 3.19. The first kappa shape index (κ1) is 16.4. The third-order valence-corrected chi connectivity index (χ3v) is 4.53. The van der Waals surface area contributed by atoms with Gasteiger partial charge in [0, 0.05) is 6.42 Å². The molecule has 26 heavy (non-hydrogen) atoms. The molecule has 0 spiro atoms. The van der Waals surface area contributed by atoms with Gasteiger partial charge in [0.25, 0.3) is 5.60 Å². The molecule has 2 aliphatic rings. The van der Waals surface area contributed by atoms with Gasteiger partial charge in [-0.1, -0.05) is 17.7 Å². The zero-order chi connectivity index (χ0) is 18.3. The van der Waals surface area contributed by atoms with Gasteiger partial charge in [0.2, 0.25) is 12.6 Å². The molecule has 1 atom stereocenters. The molecule has 4 rings (SSSR count). The lowest BCUT2D eigenvalue weighted by Gasteiger charge is -2.25. The Morgan fingerprint density at radius 3 is 2.69 bits per heavy atom. The average molecular weight is 354 g/mol. The Labute approximate surface area is 150 Å². The van der Waals surface area contributed by atoms with Crippen molar-refractivity contribution in [2.75, 3.05) is 13.4 Å². The Morgan fingerprint density at radius 2 is 1.88 bits per heavy atom. The van der Waals surface area contributed by atoms with Gasteiger partial charge in [0.15, 0.2) is 11.5 Å². The molecule has 1 unspecified atom stereocenters. The number of ether oxygens (including phenoxy) is 4. The van der Waals surface area contributed by atoms with E-state index < -0.39 is 11.6 Å². The highest BCUT2D eigenvalue weighted by atomic mass is 16.7. The topological polar surface area (TPSA) is 71.1 Å². The number of fused-ring (bicyclic) bond motifs is 2. The molecule has 0 bridgehead atoms. The third kappa shape index (κ3) is 2.49. The number of hydrogen-bond donors (Lipinski definition) is 0. The Hall–Kier alpha value is -3.02. The summed E-state index contributed by atoms with van der Waals surface area (Å²) in [6, 6.07) is 10.6. The van der Waals surface area contributed by atoms with Crippen LogP contribution in [0, 0.1) is 6.92 Å². The summed E-state index contributed by atoms with van der Waals surface area (Å²) in [6.45, 7) is 3.90. The lowest BCUT2D eigenvalue weighted by Crippen LogP contribution is -2.51. The number of benzene rings is 2. The number of carbonyl (C=O) groups is 2. The fraction of sp³-hybridized carbons (Fsp3) is 0.300. The van der Waals surface area contributed by atoms with Gasteiger partial charge in [0.1, 0.15) is 5.75 Å². The third-order valence-electron chi connectivity index (χ3n) is 4.53. The molecule has 2 aromatic rings. The van der Waals surface area contributed by atoms with Crippen LogP contribution in [-0.2, 0) is 16.0 Å². The van der Waals surface area contributed by atoms with Crippen molar-refractivity contribution in [3.63, 3.8) is 0 Å². The van der Waals surface area contributed by atoms with Crippen LogP contribution < -0.4 is 14.2 Å². The molecule has 2 aliphatic heterocycles. The molecule has 0 aliphatic carbocycles. The lowest BCUT2D eigenvalue weighted by atomic mass is 9.88. The van der Waals surface area contributed by atoms with Gasteiger partial charge in [-0.3, -0.25) is 4.79 Å². The van der Waals surface area contributed by atoms with Crippen LogP contribution in [0.3, 0.4) is 0 Å². The SMILES string of the molecule is CCOC(=O)C1(Cc2ccc3c(c2)OCO3)Oc2ccc(C)cc2C1=O. The van der Waals surface area contributed by atoms with Crippen LogP contribution in [0.25, 0.3) is 0 Å². The molecule has 0 saturated heterocycles. The number of Topliss-reactive ketones (excluding diaryl/α,β-unsaturated/α-hetero) is 1. The highest BCUT2D eigenvalue weighted by Crippen LogP contribution is 2.40. The molecule has 134 valence electrons. The van der Waals surface area contributed by atoms with E-state index in [2.05, 4.69) is 0 Å². The normalized spacial score (nSPS) is 19.8. The Balaban J connectivity index is 1.74. The van der Waals surface area contributed by atoms with Crippen molar-refractivity contribution in [1.29, 1.82) is 0 Å². The second-order valence-electron chi connectivity index (χ2n) is 6.34. The number of carbonyl (C=O) groups excluding carboxylic acids is 2. The van der Waals surface area contributed by atoms with Crippen LogP contribution in [-0.4, -0.2) is 30.8 Å². The zero-order valence-electron chi connectivity index (χ0n) is 14.5.